The lowest BCUT2D eigenvalue weighted by molar-refractivity contribution is 0.303. The minimum atomic E-state index is 0.0649. The Bertz CT molecular complexity index is 599. The molecule has 0 saturated carbocycles. The molecule has 106 valence electrons. The first-order chi connectivity index (χ1) is 9.65. The zero-order valence-electron chi connectivity index (χ0n) is 12.1. The second kappa shape index (κ2) is 6.94. The van der Waals surface area contributed by atoms with E-state index in [0.29, 0.717) is 6.61 Å². The number of benzene rings is 1. The Morgan fingerprint density at radius 1 is 0.950 bits per heavy atom. The lowest BCUT2D eigenvalue weighted by Crippen LogP contribution is -2.18. The summed E-state index contributed by atoms with van der Waals surface area (Å²) in [4.78, 5) is 11.6. The standard InChI is InChI=1S/C17H21NO2/c1-14-5-8-16(9-6-14)20-12-4-3-11-18-13-15(2)7-10-17(18)19/h5-10,13H,3-4,11-12H2,1-2H3. The third kappa shape index (κ3) is 4.26. The molecule has 0 saturated heterocycles. The Balaban J connectivity index is 1.73. The van der Waals surface area contributed by atoms with Crippen molar-refractivity contribution < 1.29 is 4.74 Å². The fraction of sp³-hybridized carbons (Fsp3) is 0.353. The highest BCUT2D eigenvalue weighted by atomic mass is 16.5. The summed E-state index contributed by atoms with van der Waals surface area (Å²) in [7, 11) is 0. The molecule has 0 aliphatic rings. The minimum absolute atomic E-state index is 0.0649. The molecule has 0 atom stereocenters. The van der Waals surface area contributed by atoms with Gasteiger partial charge in [-0.2, -0.15) is 0 Å². The summed E-state index contributed by atoms with van der Waals surface area (Å²) < 4.78 is 7.43. The van der Waals surface area contributed by atoms with Gasteiger partial charge in [0, 0.05) is 18.8 Å². The monoisotopic (exact) mass is 271 g/mol. The molecule has 20 heavy (non-hydrogen) atoms. The molecule has 3 heteroatoms. The highest BCUT2D eigenvalue weighted by molar-refractivity contribution is 5.26. The number of pyridine rings is 1. The third-order valence-electron chi connectivity index (χ3n) is 3.21. The van der Waals surface area contributed by atoms with Crippen LogP contribution in [0.3, 0.4) is 0 Å². The van der Waals surface area contributed by atoms with Crippen LogP contribution in [0.2, 0.25) is 0 Å². The van der Waals surface area contributed by atoms with E-state index < -0.39 is 0 Å². The fourth-order valence-electron chi connectivity index (χ4n) is 2.03. The normalized spacial score (nSPS) is 10.5. The van der Waals surface area contributed by atoms with E-state index in [-0.39, 0.29) is 5.56 Å². The smallest absolute Gasteiger partial charge is 0.250 e. The van der Waals surface area contributed by atoms with Gasteiger partial charge in [-0.1, -0.05) is 23.8 Å². The average Bonchev–Trinajstić information content (AvgIpc) is 2.44. The quantitative estimate of drug-likeness (QED) is 0.755. The maximum Gasteiger partial charge on any atom is 0.250 e. The van der Waals surface area contributed by atoms with Crippen molar-refractivity contribution in [2.75, 3.05) is 6.61 Å². The molecule has 3 nitrogen and oxygen atoms in total. The van der Waals surface area contributed by atoms with Gasteiger partial charge in [-0.15, -0.1) is 0 Å². The van der Waals surface area contributed by atoms with Gasteiger partial charge >= 0.3 is 0 Å². The van der Waals surface area contributed by atoms with Crippen LogP contribution in [-0.4, -0.2) is 11.2 Å². The van der Waals surface area contributed by atoms with E-state index in [9.17, 15) is 4.79 Å². The number of hydrogen-bond acceptors (Lipinski definition) is 2. The number of ether oxygens (including phenoxy) is 1. The Kier molecular flexibility index (Phi) is 4.99. The van der Waals surface area contributed by atoms with Crippen LogP contribution in [0.15, 0.2) is 47.4 Å². The van der Waals surface area contributed by atoms with Gasteiger partial charge in [0.2, 0.25) is 0 Å². The molecule has 2 rings (SSSR count). The largest absolute Gasteiger partial charge is 0.494 e. The zero-order valence-corrected chi connectivity index (χ0v) is 12.1. The Morgan fingerprint density at radius 2 is 1.65 bits per heavy atom. The molecule has 0 bridgehead atoms. The van der Waals surface area contributed by atoms with Crippen LogP contribution in [-0.2, 0) is 6.54 Å². The van der Waals surface area contributed by atoms with Crippen molar-refractivity contribution in [2.24, 2.45) is 0 Å². The number of unbranched alkanes of at least 4 members (excludes halogenated alkanes) is 1. The molecule has 0 amide bonds. The van der Waals surface area contributed by atoms with Crippen molar-refractivity contribution in [3.05, 3.63) is 64.1 Å². The SMILES string of the molecule is Cc1ccc(OCCCCn2cc(C)ccc2=O)cc1. The molecule has 0 N–H and O–H groups in total. The van der Waals surface area contributed by atoms with Crippen LogP contribution in [0.25, 0.3) is 0 Å². The Morgan fingerprint density at radius 3 is 2.40 bits per heavy atom. The molecule has 0 unspecified atom stereocenters. The van der Waals surface area contributed by atoms with E-state index in [0.717, 1.165) is 30.7 Å². The maximum absolute atomic E-state index is 11.6. The fourth-order valence-corrected chi connectivity index (χ4v) is 2.03. The second-order valence-electron chi connectivity index (χ2n) is 5.11. The maximum atomic E-state index is 11.6. The van der Waals surface area contributed by atoms with Crippen molar-refractivity contribution in [2.45, 2.75) is 33.2 Å². The minimum Gasteiger partial charge on any atom is -0.494 e. The van der Waals surface area contributed by atoms with Crippen molar-refractivity contribution in [3.63, 3.8) is 0 Å². The first kappa shape index (κ1) is 14.4. The van der Waals surface area contributed by atoms with Gasteiger partial charge in [0.05, 0.1) is 6.61 Å². The predicted molar refractivity (Wildman–Crippen MR) is 81.3 cm³/mol. The topological polar surface area (TPSA) is 31.2 Å². The molecule has 0 radical (unpaired) electrons. The van der Waals surface area contributed by atoms with Crippen LogP contribution in [0.1, 0.15) is 24.0 Å². The van der Waals surface area contributed by atoms with Crippen molar-refractivity contribution in [1.29, 1.82) is 0 Å². The number of aromatic nitrogens is 1. The number of nitrogens with zero attached hydrogens (tertiary/aromatic N) is 1. The Labute approximate surface area is 119 Å². The van der Waals surface area contributed by atoms with Gasteiger partial charge in [0.1, 0.15) is 5.75 Å². The van der Waals surface area contributed by atoms with Gasteiger partial charge in [-0.05, 0) is 44.4 Å². The summed E-state index contributed by atoms with van der Waals surface area (Å²) in [5, 5.41) is 0. The van der Waals surface area contributed by atoms with Crippen LogP contribution in [0.4, 0.5) is 0 Å². The van der Waals surface area contributed by atoms with E-state index in [2.05, 4.69) is 6.92 Å². The van der Waals surface area contributed by atoms with Crippen LogP contribution < -0.4 is 10.3 Å². The van der Waals surface area contributed by atoms with Gasteiger partial charge in [-0.3, -0.25) is 4.79 Å². The van der Waals surface area contributed by atoms with Gasteiger partial charge in [-0.25, -0.2) is 0 Å². The highest BCUT2D eigenvalue weighted by Crippen LogP contribution is 2.11. The number of aryl methyl sites for hydroxylation is 3. The molecule has 0 aliphatic heterocycles. The summed E-state index contributed by atoms with van der Waals surface area (Å²) in [6, 6.07) is 11.5. The van der Waals surface area contributed by atoms with Crippen molar-refractivity contribution in [1.82, 2.24) is 4.57 Å². The lowest BCUT2D eigenvalue weighted by Gasteiger charge is -2.08. The zero-order chi connectivity index (χ0) is 14.4. The van der Waals surface area contributed by atoms with Gasteiger partial charge in [0.25, 0.3) is 5.56 Å². The predicted octanol–water partition coefficient (Wildman–Crippen LogP) is 3.32. The molecule has 1 aromatic carbocycles. The number of hydrogen-bond donors (Lipinski definition) is 0. The first-order valence-electron chi connectivity index (χ1n) is 7.02. The van der Waals surface area contributed by atoms with Gasteiger partial charge in [0.15, 0.2) is 0 Å². The molecule has 0 spiro atoms. The van der Waals surface area contributed by atoms with Crippen LogP contribution >= 0.6 is 0 Å². The number of rotatable bonds is 6. The van der Waals surface area contributed by atoms with E-state index >= 15 is 0 Å². The molecule has 0 fully saturated rings. The highest BCUT2D eigenvalue weighted by Gasteiger charge is 1.97. The van der Waals surface area contributed by atoms with Crippen molar-refractivity contribution >= 4 is 0 Å². The van der Waals surface area contributed by atoms with E-state index in [1.807, 2.05) is 43.5 Å². The third-order valence-corrected chi connectivity index (χ3v) is 3.21. The average molecular weight is 271 g/mol. The summed E-state index contributed by atoms with van der Waals surface area (Å²) >= 11 is 0. The Hall–Kier alpha value is -2.03. The van der Waals surface area contributed by atoms with Gasteiger partial charge < -0.3 is 9.30 Å². The molecule has 2 aromatic rings. The molecular formula is C17H21NO2. The summed E-state index contributed by atoms with van der Waals surface area (Å²) in [5.41, 5.74) is 2.41. The van der Waals surface area contributed by atoms with E-state index in [1.165, 1.54) is 5.56 Å². The molecular weight excluding hydrogens is 250 g/mol. The second-order valence-corrected chi connectivity index (χ2v) is 5.11. The molecule has 1 aromatic heterocycles. The van der Waals surface area contributed by atoms with Crippen LogP contribution in [0.5, 0.6) is 5.75 Å². The molecule has 1 heterocycles. The van der Waals surface area contributed by atoms with E-state index in [4.69, 9.17) is 4.74 Å². The van der Waals surface area contributed by atoms with Crippen molar-refractivity contribution in [3.8, 4) is 5.75 Å². The molecule has 0 aliphatic carbocycles. The summed E-state index contributed by atoms with van der Waals surface area (Å²) in [6.45, 7) is 5.49. The van der Waals surface area contributed by atoms with E-state index in [1.54, 1.807) is 10.6 Å². The summed E-state index contributed by atoms with van der Waals surface area (Å²) in [5.74, 6) is 0.906. The first-order valence-corrected chi connectivity index (χ1v) is 7.02. The lowest BCUT2D eigenvalue weighted by atomic mass is 10.2. The summed E-state index contributed by atoms with van der Waals surface area (Å²) in [6.07, 6.45) is 3.78. The van der Waals surface area contributed by atoms with Crippen LogP contribution in [0, 0.1) is 13.8 Å².